The van der Waals surface area contributed by atoms with Crippen LogP contribution in [0.25, 0.3) is 0 Å². The zero-order chi connectivity index (χ0) is 10.7. The summed E-state index contributed by atoms with van der Waals surface area (Å²) in [4.78, 5) is 18.6. The van der Waals surface area contributed by atoms with Crippen molar-refractivity contribution in [1.29, 1.82) is 0 Å². The predicted molar refractivity (Wildman–Crippen MR) is 52.5 cm³/mol. The standard InChI is InChI=1S/C8H8Cl2N2O2/c1-4-5(3-6(13)14-2)7(9)12-8(10)11-4/h3H2,1-2H3. The summed E-state index contributed by atoms with van der Waals surface area (Å²) in [6.45, 7) is 1.71. The number of methoxy groups -OCH3 is 1. The molecule has 0 aliphatic rings. The van der Waals surface area contributed by atoms with Gasteiger partial charge in [0.15, 0.2) is 0 Å². The first-order chi connectivity index (χ1) is 6.54. The summed E-state index contributed by atoms with van der Waals surface area (Å²) in [6, 6.07) is 0. The Morgan fingerprint density at radius 3 is 2.57 bits per heavy atom. The lowest BCUT2D eigenvalue weighted by atomic mass is 10.2. The number of esters is 1. The Bertz CT molecular complexity index is 345. The van der Waals surface area contributed by atoms with Crippen LogP contribution >= 0.6 is 23.2 Å². The van der Waals surface area contributed by atoms with E-state index < -0.39 is 0 Å². The molecular weight excluding hydrogens is 227 g/mol. The van der Waals surface area contributed by atoms with E-state index in [0.29, 0.717) is 11.3 Å². The zero-order valence-electron chi connectivity index (χ0n) is 7.67. The lowest BCUT2D eigenvalue weighted by Crippen LogP contribution is -2.08. The summed E-state index contributed by atoms with van der Waals surface area (Å²) < 4.78 is 4.51. The summed E-state index contributed by atoms with van der Waals surface area (Å²) in [7, 11) is 1.31. The highest BCUT2D eigenvalue weighted by Gasteiger charge is 2.13. The number of hydrogen-bond donors (Lipinski definition) is 0. The number of carbonyl (C=O) groups excluding carboxylic acids is 1. The topological polar surface area (TPSA) is 52.1 Å². The van der Waals surface area contributed by atoms with Crippen molar-refractivity contribution < 1.29 is 9.53 Å². The van der Waals surface area contributed by atoms with Crippen LogP contribution in [0.5, 0.6) is 0 Å². The Morgan fingerprint density at radius 2 is 2.07 bits per heavy atom. The van der Waals surface area contributed by atoms with Gasteiger partial charge in [-0.3, -0.25) is 4.79 Å². The molecule has 0 aliphatic carbocycles. The monoisotopic (exact) mass is 234 g/mol. The molecule has 14 heavy (non-hydrogen) atoms. The van der Waals surface area contributed by atoms with Gasteiger partial charge in [0.05, 0.1) is 13.5 Å². The van der Waals surface area contributed by atoms with Crippen molar-refractivity contribution in [1.82, 2.24) is 9.97 Å². The quantitative estimate of drug-likeness (QED) is 0.445. The van der Waals surface area contributed by atoms with E-state index in [1.807, 2.05) is 0 Å². The van der Waals surface area contributed by atoms with Gasteiger partial charge < -0.3 is 4.74 Å². The molecule has 0 amide bonds. The number of aryl methyl sites for hydroxylation is 1. The minimum atomic E-state index is -0.388. The second kappa shape index (κ2) is 4.57. The van der Waals surface area contributed by atoms with Crippen LogP contribution in [0.3, 0.4) is 0 Å². The maximum Gasteiger partial charge on any atom is 0.310 e. The maximum absolute atomic E-state index is 11.0. The first-order valence-corrected chi connectivity index (χ1v) is 4.55. The third-order valence-electron chi connectivity index (χ3n) is 1.68. The van der Waals surface area contributed by atoms with E-state index in [2.05, 4.69) is 14.7 Å². The maximum atomic E-state index is 11.0. The van der Waals surface area contributed by atoms with Gasteiger partial charge in [0, 0.05) is 11.3 Å². The molecule has 0 atom stereocenters. The molecule has 0 N–H and O–H groups in total. The second-order valence-electron chi connectivity index (χ2n) is 2.60. The van der Waals surface area contributed by atoms with Crippen molar-refractivity contribution in [2.45, 2.75) is 13.3 Å². The Kier molecular flexibility index (Phi) is 3.66. The third-order valence-corrected chi connectivity index (χ3v) is 2.17. The first kappa shape index (κ1) is 11.2. The molecule has 0 saturated carbocycles. The van der Waals surface area contributed by atoms with Crippen molar-refractivity contribution in [2.75, 3.05) is 7.11 Å². The van der Waals surface area contributed by atoms with Crippen molar-refractivity contribution in [2.24, 2.45) is 0 Å². The Morgan fingerprint density at radius 1 is 1.43 bits per heavy atom. The van der Waals surface area contributed by atoms with Crippen LogP contribution in [-0.2, 0) is 16.0 Å². The summed E-state index contributed by atoms with van der Waals surface area (Å²) >= 11 is 11.4. The molecule has 0 aliphatic heterocycles. The molecule has 0 radical (unpaired) electrons. The van der Waals surface area contributed by atoms with E-state index in [1.165, 1.54) is 7.11 Å². The van der Waals surface area contributed by atoms with Crippen LogP contribution in [0.1, 0.15) is 11.3 Å². The highest BCUT2D eigenvalue weighted by atomic mass is 35.5. The fourth-order valence-corrected chi connectivity index (χ4v) is 1.48. The van der Waals surface area contributed by atoms with Gasteiger partial charge in [-0.2, -0.15) is 0 Å². The fourth-order valence-electron chi connectivity index (χ4n) is 0.946. The van der Waals surface area contributed by atoms with Gasteiger partial charge in [-0.1, -0.05) is 11.6 Å². The number of halogens is 2. The Labute approximate surface area is 91.2 Å². The molecule has 0 unspecified atom stereocenters. The highest BCUT2D eigenvalue weighted by molar-refractivity contribution is 6.32. The van der Waals surface area contributed by atoms with Crippen LogP contribution in [0.15, 0.2) is 0 Å². The minimum Gasteiger partial charge on any atom is -0.469 e. The van der Waals surface area contributed by atoms with Crippen LogP contribution < -0.4 is 0 Å². The molecule has 0 saturated heterocycles. The molecule has 0 bridgehead atoms. The Hall–Kier alpha value is -0.870. The second-order valence-corrected chi connectivity index (χ2v) is 3.30. The van der Waals surface area contributed by atoms with Gasteiger partial charge >= 0.3 is 5.97 Å². The van der Waals surface area contributed by atoms with Crippen molar-refractivity contribution in [3.05, 3.63) is 21.7 Å². The van der Waals surface area contributed by atoms with Gasteiger partial charge in [0.25, 0.3) is 0 Å². The average molecular weight is 235 g/mol. The number of nitrogens with zero attached hydrogens (tertiary/aromatic N) is 2. The molecule has 0 aromatic carbocycles. The number of aromatic nitrogens is 2. The molecule has 0 fully saturated rings. The van der Waals surface area contributed by atoms with Crippen LogP contribution in [-0.4, -0.2) is 23.0 Å². The normalized spacial score (nSPS) is 10.0. The summed E-state index contributed by atoms with van der Waals surface area (Å²) in [5, 5.41) is 0.258. The van der Waals surface area contributed by atoms with E-state index in [9.17, 15) is 4.79 Å². The van der Waals surface area contributed by atoms with Crippen molar-refractivity contribution in [3.63, 3.8) is 0 Å². The third kappa shape index (κ3) is 2.56. The molecule has 1 aromatic heterocycles. The molecule has 0 spiro atoms. The van der Waals surface area contributed by atoms with E-state index in [1.54, 1.807) is 6.92 Å². The van der Waals surface area contributed by atoms with Crippen LogP contribution in [0.2, 0.25) is 10.4 Å². The van der Waals surface area contributed by atoms with E-state index in [0.717, 1.165) is 0 Å². The summed E-state index contributed by atoms with van der Waals surface area (Å²) in [5.74, 6) is -0.388. The van der Waals surface area contributed by atoms with E-state index in [4.69, 9.17) is 23.2 Å². The molecule has 76 valence electrons. The number of hydrogen-bond acceptors (Lipinski definition) is 4. The zero-order valence-corrected chi connectivity index (χ0v) is 9.19. The average Bonchev–Trinajstić information content (AvgIpc) is 2.10. The van der Waals surface area contributed by atoms with Gasteiger partial charge in [-0.15, -0.1) is 0 Å². The lowest BCUT2D eigenvalue weighted by Gasteiger charge is -2.05. The molecular formula is C8H8Cl2N2O2. The Balaban J connectivity index is 3.02. The number of carbonyl (C=O) groups is 1. The molecule has 1 aromatic rings. The van der Waals surface area contributed by atoms with Gasteiger partial charge in [-0.05, 0) is 18.5 Å². The van der Waals surface area contributed by atoms with Crippen molar-refractivity contribution >= 4 is 29.2 Å². The SMILES string of the molecule is COC(=O)Cc1c(C)nc(Cl)nc1Cl. The summed E-state index contributed by atoms with van der Waals surface area (Å²) in [5.41, 5.74) is 1.13. The van der Waals surface area contributed by atoms with Crippen molar-refractivity contribution in [3.8, 4) is 0 Å². The van der Waals surface area contributed by atoms with Gasteiger partial charge in [0.1, 0.15) is 5.15 Å². The number of ether oxygens (including phenoxy) is 1. The summed E-state index contributed by atoms with van der Waals surface area (Å²) in [6.07, 6.45) is 0.0539. The minimum absolute atomic E-state index is 0.0539. The van der Waals surface area contributed by atoms with Crippen LogP contribution in [0, 0.1) is 6.92 Å². The van der Waals surface area contributed by atoms with E-state index in [-0.39, 0.29) is 22.8 Å². The van der Waals surface area contributed by atoms with Crippen LogP contribution in [0.4, 0.5) is 0 Å². The number of rotatable bonds is 2. The van der Waals surface area contributed by atoms with Gasteiger partial charge in [-0.25, -0.2) is 9.97 Å². The first-order valence-electron chi connectivity index (χ1n) is 3.80. The van der Waals surface area contributed by atoms with E-state index >= 15 is 0 Å². The van der Waals surface area contributed by atoms with Gasteiger partial charge in [0.2, 0.25) is 5.28 Å². The molecule has 1 rings (SSSR count). The molecule has 6 heteroatoms. The molecule has 1 heterocycles. The highest BCUT2D eigenvalue weighted by Crippen LogP contribution is 2.19. The fraction of sp³-hybridized carbons (Fsp3) is 0.375. The largest absolute Gasteiger partial charge is 0.469 e. The molecule has 4 nitrogen and oxygen atoms in total. The lowest BCUT2D eigenvalue weighted by molar-refractivity contribution is -0.139. The smallest absolute Gasteiger partial charge is 0.310 e. The predicted octanol–water partition coefficient (Wildman–Crippen LogP) is 1.81.